The van der Waals surface area contributed by atoms with Crippen LogP contribution >= 0.6 is 12.2 Å². The average Bonchev–Trinajstić information content (AvgIpc) is 2.77. The van der Waals surface area contributed by atoms with E-state index >= 15 is 0 Å². The van der Waals surface area contributed by atoms with Crippen LogP contribution < -0.4 is 11.3 Å². The molecule has 1 aliphatic heterocycles. The average molecular weight is 251 g/mol. The number of hydrogen-bond donors (Lipinski definition) is 2. The van der Waals surface area contributed by atoms with Crippen molar-refractivity contribution in [3.63, 3.8) is 0 Å². The number of nitrogens with two attached hydrogens (primary N) is 1. The van der Waals surface area contributed by atoms with Gasteiger partial charge in [0, 0.05) is 24.4 Å². The van der Waals surface area contributed by atoms with Gasteiger partial charge in [-0.3, -0.25) is 9.59 Å². The Labute approximate surface area is 104 Å². The molecule has 1 aliphatic rings. The number of pyridine rings is 1. The normalized spacial score (nSPS) is 19.3. The third kappa shape index (κ3) is 2.36. The van der Waals surface area contributed by atoms with Crippen molar-refractivity contribution >= 4 is 23.1 Å². The van der Waals surface area contributed by atoms with Crippen molar-refractivity contribution in [1.82, 2.24) is 9.88 Å². The molecule has 2 heterocycles. The van der Waals surface area contributed by atoms with Gasteiger partial charge in [-0.25, -0.2) is 0 Å². The van der Waals surface area contributed by atoms with Crippen LogP contribution in [-0.2, 0) is 0 Å². The second-order valence-corrected chi connectivity index (χ2v) is 4.47. The Morgan fingerprint density at radius 3 is 3.00 bits per heavy atom. The van der Waals surface area contributed by atoms with Gasteiger partial charge in [0.25, 0.3) is 5.91 Å². The maximum Gasteiger partial charge on any atom is 0.254 e. The van der Waals surface area contributed by atoms with E-state index in [0.29, 0.717) is 17.1 Å². The predicted octanol–water partition coefficient (Wildman–Crippen LogP) is 0.266. The second-order valence-electron chi connectivity index (χ2n) is 4.00. The van der Waals surface area contributed by atoms with E-state index in [2.05, 4.69) is 4.98 Å². The van der Waals surface area contributed by atoms with Crippen molar-refractivity contribution in [1.29, 1.82) is 0 Å². The van der Waals surface area contributed by atoms with Crippen LogP contribution in [0.15, 0.2) is 23.1 Å². The largest absolute Gasteiger partial charge is 0.392 e. The van der Waals surface area contributed by atoms with E-state index in [4.69, 9.17) is 18.0 Å². The van der Waals surface area contributed by atoms with Gasteiger partial charge in [0.2, 0.25) is 5.56 Å². The number of aromatic nitrogens is 1. The highest BCUT2D eigenvalue weighted by molar-refractivity contribution is 7.80. The van der Waals surface area contributed by atoms with Crippen LogP contribution in [0.3, 0.4) is 0 Å². The summed E-state index contributed by atoms with van der Waals surface area (Å²) in [4.78, 5) is 27.8. The number of nitrogens with zero attached hydrogens (tertiary/aromatic N) is 1. The molecule has 1 unspecified atom stereocenters. The lowest BCUT2D eigenvalue weighted by Gasteiger charge is -2.23. The molecule has 90 valence electrons. The first-order valence-electron chi connectivity index (χ1n) is 5.38. The molecule has 1 saturated heterocycles. The Hall–Kier alpha value is -1.69. The minimum atomic E-state index is -0.290. The first-order valence-corrected chi connectivity index (χ1v) is 5.79. The number of likely N-dealkylation sites (tertiary alicyclic amines) is 1. The Kier molecular flexibility index (Phi) is 3.23. The number of aromatic amines is 1. The molecule has 1 aromatic rings. The van der Waals surface area contributed by atoms with Gasteiger partial charge in [-0.15, -0.1) is 0 Å². The van der Waals surface area contributed by atoms with Crippen LogP contribution in [-0.4, -0.2) is 33.4 Å². The summed E-state index contributed by atoms with van der Waals surface area (Å²) in [6, 6.07) is 2.69. The predicted molar refractivity (Wildman–Crippen MR) is 67.9 cm³/mol. The molecule has 6 heteroatoms. The number of rotatable bonds is 2. The summed E-state index contributed by atoms with van der Waals surface area (Å²) < 4.78 is 0. The third-order valence-corrected chi connectivity index (χ3v) is 3.14. The summed E-state index contributed by atoms with van der Waals surface area (Å²) in [5.74, 6) is -0.189. The minimum absolute atomic E-state index is 0.184. The molecule has 1 atom stereocenters. The van der Waals surface area contributed by atoms with Crippen molar-refractivity contribution in [2.45, 2.75) is 18.9 Å². The van der Waals surface area contributed by atoms with E-state index in [1.54, 1.807) is 11.0 Å². The summed E-state index contributed by atoms with van der Waals surface area (Å²) in [7, 11) is 0. The van der Waals surface area contributed by atoms with Gasteiger partial charge < -0.3 is 15.6 Å². The van der Waals surface area contributed by atoms with E-state index in [1.807, 2.05) is 0 Å². The lowest BCUT2D eigenvalue weighted by molar-refractivity contribution is 0.0770. The highest BCUT2D eigenvalue weighted by atomic mass is 32.1. The first kappa shape index (κ1) is 11.8. The highest BCUT2D eigenvalue weighted by Crippen LogP contribution is 2.19. The van der Waals surface area contributed by atoms with Crippen LogP contribution in [0.25, 0.3) is 0 Å². The molecular formula is C11H13N3O2S. The summed E-state index contributed by atoms with van der Waals surface area (Å²) >= 11 is 4.94. The second kappa shape index (κ2) is 4.67. The molecule has 0 radical (unpaired) electrons. The Morgan fingerprint density at radius 2 is 2.35 bits per heavy atom. The zero-order valence-electron chi connectivity index (χ0n) is 9.18. The molecule has 0 bridgehead atoms. The molecule has 0 aliphatic carbocycles. The number of carbonyl (C=O) groups is 1. The Morgan fingerprint density at radius 1 is 1.59 bits per heavy atom. The molecule has 5 nitrogen and oxygen atoms in total. The topological polar surface area (TPSA) is 79.2 Å². The van der Waals surface area contributed by atoms with Gasteiger partial charge in [-0.05, 0) is 18.9 Å². The number of amides is 1. The summed E-state index contributed by atoms with van der Waals surface area (Å²) in [6.07, 6.45) is 3.14. The fourth-order valence-corrected chi connectivity index (χ4v) is 2.29. The Balaban J connectivity index is 2.26. The minimum Gasteiger partial charge on any atom is -0.392 e. The standard InChI is InChI=1S/C11H13N3O2S/c12-10(17)8-2-1-5-14(8)11(16)7-3-4-13-9(15)6-7/h3-4,6,8H,1-2,5H2,(H2,12,17)(H,13,15). The van der Waals surface area contributed by atoms with Crippen molar-refractivity contribution < 1.29 is 4.79 Å². The van der Waals surface area contributed by atoms with Gasteiger partial charge in [0.05, 0.1) is 11.0 Å². The Bertz CT molecular complexity index is 511. The van der Waals surface area contributed by atoms with Crippen LogP contribution in [0.2, 0.25) is 0 Å². The number of carbonyl (C=O) groups excluding carboxylic acids is 1. The molecule has 0 spiro atoms. The maximum absolute atomic E-state index is 12.2. The molecule has 17 heavy (non-hydrogen) atoms. The van der Waals surface area contributed by atoms with Crippen LogP contribution in [0.4, 0.5) is 0 Å². The summed E-state index contributed by atoms with van der Waals surface area (Å²) in [5, 5.41) is 0. The SMILES string of the molecule is NC(=S)C1CCCN1C(=O)c1cc[nH]c(=O)c1. The van der Waals surface area contributed by atoms with E-state index in [0.717, 1.165) is 12.8 Å². The van der Waals surface area contributed by atoms with Crippen molar-refractivity contribution in [3.8, 4) is 0 Å². The van der Waals surface area contributed by atoms with Gasteiger partial charge in [-0.2, -0.15) is 0 Å². The fraction of sp³-hybridized carbons (Fsp3) is 0.364. The lowest BCUT2D eigenvalue weighted by Crippen LogP contribution is -2.43. The molecule has 3 N–H and O–H groups in total. The number of H-pyrrole nitrogens is 1. The zero-order chi connectivity index (χ0) is 12.4. The van der Waals surface area contributed by atoms with E-state index < -0.39 is 0 Å². The van der Waals surface area contributed by atoms with Crippen LogP contribution in [0, 0.1) is 0 Å². The number of hydrogen-bond acceptors (Lipinski definition) is 3. The monoisotopic (exact) mass is 251 g/mol. The zero-order valence-corrected chi connectivity index (χ0v) is 10.00. The molecule has 2 rings (SSSR count). The van der Waals surface area contributed by atoms with E-state index in [-0.39, 0.29) is 17.5 Å². The van der Waals surface area contributed by atoms with Gasteiger partial charge in [0.15, 0.2) is 0 Å². The summed E-state index contributed by atoms with van der Waals surface area (Å²) in [6.45, 7) is 0.633. The maximum atomic E-state index is 12.2. The van der Waals surface area contributed by atoms with Crippen molar-refractivity contribution in [2.75, 3.05) is 6.54 Å². The van der Waals surface area contributed by atoms with Crippen molar-refractivity contribution in [2.24, 2.45) is 5.73 Å². The molecule has 1 fully saturated rings. The van der Waals surface area contributed by atoms with E-state index in [9.17, 15) is 9.59 Å². The smallest absolute Gasteiger partial charge is 0.254 e. The van der Waals surface area contributed by atoms with Crippen molar-refractivity contribution in [3.05, 3.63) is 34.2 Å². The first-order chi connectivity index (χ1) is 8.09. The van der Waals surface area contributed by atoms with Gasteiger partial charge in [-0.1, -0.05) is 12.2 Å². The van der Waals surface area contributed by atoms with Crippen LogP contribution in [0.5, 0.6) is 0 Å². The third-order valence-electron chi connectivity index (χ3n) is 2.86. The fourth-order valence-electron chi connectivity index (χ4n) is 2.05. The molecular weight excluding hydrogens is 238 g/mol. The van der Waals surface area contributed by atoms with Crippen LogP contribution in [0.1, 0.15) is 23.2 Å². The number of nitrogens with one attached hydrogen (secondary N) is 1. The molecule has 1 aromatic heterocycles. The highest BCUT2D eigenvalue weighted by Gasteiger charge is 2.31. The quantitative estimate of drug-likeness (QED) is 0.739. The number of thiocarbonyl (C=S) groups is 1. The van der Waals surface area contributed by atoms with Gasteiger partial charge in [0.1, 0.15) is 0 Å². The lowest BCUT2D eigenvalue weighted by atomic mass is 10.2. The van der Waals surface area contributed by atoms with E-state index in [1.165, 1.54) is 12.3 Å². The molecule has 1 amide bonds. The summed E-state index contributed by atoms with van der Waals surface area (Å²) in [5.41, 5.74) is 5.69. The molecule has 0 aromatic carbocycles. The molecule has 0 saturated carbocycles. The van der Waals surface area contributed by atoms with Gasteiger partial charge >= 0.3 is 0 Å².